The number of hydrogen-bond donors (Lipinski definition) is 1. The summed E-state index contributed by atoms with van der Waals surface area (Å²) in [5, 5.41) is 11.1. The fourth-order valence-corrected chi connectivity index (χ4v) is 7.08. The molecule has 1 unspecified atom stereocenters. The molecule has 164 valence electrons. The molecule has 5 nitrogen and oxygen atoms in total. The largest absolute Gasteiger partial charge is 0.455 e. The van der Waals surface area contributed by atoms with Gasteiger partial charge in [0.15, 0.2) is 0 Å². The second-order valence-electron chi connectivity index (χ2n) is 10.8. The zero-order valence-corrected chi connectivity index (χ0v) is 18.6. The smallest absolute Gasteiger partial charge is 0.311 e. The van der Waals surface area contributed by atoms with E-state index in [-0.39, 0.29) is 29.5 Å². The van der Waals surface area contributed by atoms with Gasteiger partial charge in [-0.3, -0.25) is 4.79 Å². The number of benzene rings is 1. The lowest BCUT2D eigenvalue weighted by Gasteiger charge is -2.50. The standard InChI is InChI=1S/C25H35NO4/c1-16-10-11-20-18(14-26(4)15-23(2,28)17-8-6-5-7-9-17)21(27)29-25(20)19(16)12-13-24(3)22(25)30-24/h5-9,16,18-20,22,28H,10-15H2,1-4H3/t16-,18?,19+,20+,22-,23-,24-,25-/m1/s1. The number of hydrogen-bond acceptors (Lipinski definition) is 5. The maximum absolute atomic E-state index is 13.2. The molecule has 2 saturated carbocycles. The van der Waals surface area contributed by atoms with E-state index >= 15 is 0 Å². The molecule has 2 aliphatic carbocycles. The van der Waals surface area contributed by atoms with Crippen molar-refractivity contribution in [2.24, 2.45) is 23.7 Å². The minimum absolute atomic E-state index is 0.0585. The van der Waals surface area contributed by atoms with Crippen molar-refractivity contribution in [2.45, 2.75) is 69.4 Å². The molecular formula is C25H35NO4. The van der Waals surface area contributed by atoms with Gasteiger partial charge in [-0.1, -0.05) is 37.3 Å². The topological polar surface area (TPSA) is 62.3 Å². The van der Waals surface area contributed by atoms with E-state index in [2.05, 4.69) is 18.7 Å². The molecule has 0 aromatic heterocycles. The number of aliphatic hydroxyl groups is 1. The molecule has 2 saturated heterocycles. The van der Waals surface area contributed by atoms with Gasteiger partial charge in [-0.05, 0) is 58.1 Å². The number of fused-ring (bicyclic) bond motifs is 1. The lowest BCUT2D eigenvalue weighted by atomic mass is 9.55. The van der Waals surface area contributed by atoms with E-state index in [0.29, 0.717) is 24.9 Å². The number of carbonyl (C=O) groups is 1. The predicted molar refractivity (Wildman–Crippen MR) is 114 cm³/mol. The van der Waals surface area contributed by atoms with Crippen molar-refractivity contribution in [1.82, 2.24) is 4.90 Å². The first-order valence-corrected chi connectivity index (χ1v) is 11.5. The van der Waals surface area contributed by atoms with Crippen molar-refractivity contribution < 1.29 is 19.4 Å². The minimum atomic E-state index is -0.969. The van der Waals surface area contributed by atoms with Crippen molar-refractivity contribution >= 4 is 5.97 Å². The summed E-state index contributed by atoms with van der Waals surface area (Å²) in [5.41, 5.74) is -0.620. The highest BCUT2D eigenvalue weighted by Crippen LogP contribution is 2.66. The van der Waals surface area contributed by atoms with Crippen LogP contribution in [-0.4, -0.2) is 53.4 Å². The Kier molecular flexibility index (Phi) is 4.63. The fraction of sp³-hybridized carbons (Fsp3) is 0.720. The van der Waals surface area contributed by atoms with Gasteiger partial charge in [0.2, 0.25) is 0 Å². The second-order valence-corrected chi connectivity index (χ2v) is 10.8. The SMILES string of the molecule is C[C@@H]1CC[C@H]2C(CN(C)C[C@@](C)(O)c3ccccc3)C(=O)O[C@]23[C@H]1CC[C@@]1(C)O[C@@H]31. The van der Waals surface area contributed by atoms with Crippen LogP contribution in [-0.2, 0) is 19.9 Å². The maximum atomic E-state index is 13.2. The maximum Gasteiger partial charge on any atom is 0.311 e. The third-order valence-electron chi connectivity index (χ3n) is 8.57. The average molecular weight is 414 g/mol. The second kappa shape index (κ2) is 6.78. The molecule has 2 heterocycles. The van der Waals surface area contributed by atoms with E-state index < -0.39 is 11.2 Å². The summed E-state index contributed by atoms with van der Waals surface area (Å²) >= 11 is 0. The molecule has 1 spiro atoms. The quantitative estimate of drug-likeness (QED) is 0.593. The van der Waals surface area contributed by atoms with Gasteiger partial charge in [0.05, 0.1) is 17.1 Å². The van der Waals surface area contributed by atoms with E-state index in [1.807, 2.05) is 44.3 Å². The minimum Gasteiger partial charge on any atom is -0.455 e. The van der Waals surface area contributed by atoms with Gasteiger partial charge in [-0.25, -0.2) is 0 Å². The van der Waals surface area contributed by atoms with E-state index in [1.165, 1.54) is 0 Å². The molecule has 8 atom stereocenters. The highest BCUT2D eigenvalue weighted by molar-refractivity contribution is 5.77. The Balaban J connectivity index is 1.35. The van der Waals surface area contributed by atoms with Crippen LogP contribution in [0.5, 0.6) is 0 Å². The van der Waals surface area contributed by atoms with E-state index in [9.17, 15) is 9.90 Å². The van der Waals surface area contributed by atoms with Crippen molar-refractivity contribution in [3.05, 3.63) is 35.9 Å². The van der Waals surface area contributed by atoms with E-state index in [0.717, 1.165) is 31.2 Å². The molecule has 30 heavy (non-hydrogen) atoms. The van der Waals surface area contributed by atoms with Crippen LogP contribution in [0.25, 0.3) is 0 Å². The number of esters is 1. The number of likely N-dealkylation sites (N-methyl/N-ethyl adjacent to an activating group) is 1. The molecule has 1 N–H and O–H groups in total. The summed E-state index contributed by atoms with van der Waals surface area (Å²) in [6.45, 7) is 7.42. The first-order chi connectivity index (χ1) is 14.2. The van der Waals surface area contributed by atoms with Crippen molar-refractivity contribution in [1.29, 1.82) is 0 Å². The molecule has 5 rings (SSSR count). The Morgan fingerprint density at radius 3 is 2.67 bits per heavy atom. The zero-order chi connectivity index (χ0) is 21.3. The van der Waals surface area contributed by atoms with Crippen LogP contribution in [0.3, 0.4) is 0 Å². The van der Waals surface area contributed by atoms with Crippen LogP contribution in [0.15, 0.2) is 30.3 Å². The Labute approximate surface area is 179 Å². The number of rotatable bonds is 5. The van der Waals surface area contributed by atoms with Crippen LogP contribution >= 0.6 is 0 Å². The van der Waals surface area contributed by atoms with Crippen molar-refractivity contribution in [3.63, 3.8) is 0 Å². The summed E-state index contributed by atoms with van der Waals surface area (Å²) in [6.07, 6.45) is 4.39. The van der Waals surface area contributed by atoms with Gasteiger partial charge < -0.3 is 19.5 Å². The van der Waals surface area contributed by atoms with Gasteiger partial charge in [-0.15, -0.1) is 0 Å². The summed E-state index contributed by atoms with van der Waals surface area (Å²) in [4.78, 5) is 15.3. The molecule has 4 aliphatic rings. The summed E-state index contributed by atoms with van der Waals surface area (Å²) in [6, 6.07) is 9.75. The van der Waals surface area contributed by atoms with E-state index in [4.69, 9.17) is 9.47 Å². The third-order valence-corrected chi connectivity index (χ3v) is 8.57. The average Bonchev–Trinajstić information content (AvgIpc) is 3.32. The van der Waals surface area contributed by atoms with Crippen molar-refractivity contribution in [2.75, 3.05) is 20.1 Å². The first-order valence-electron chi connectivity index (χ1n) is 11.5. The molecule has 5 heteroatoms. The van der Waals surface area contributed by atoms with Crippen LogP contribution in [0, 0.1) is 23.7 Å². The Morgan fingerprint density at radius 1 is 1.20 bits per heavy atom. The van der Waals surface area contributed by atoms with Crippen LogP contribution < -0.4 is 0 Å². The van der Waals surface area contributed by atoms with E-state index in [1.54, 1.807) is 0 Å². The van der Waals surface area contributed by atoms with Crippen LogP contribution in [0.1, 0.15) is 52.0 Å². The summed E-state index contributed by atoms with van der Waals surface area (Å²) in [7, 11) is 2.00. The molecular weight excluding hydrogens is 378 g/mol. The monoisotopic (exact) mass is 413 g/mol. The van der Waals surface area contributed by atoms with Gasteiger partial charge in [0, 0.05) is 24.9 Å². The van der Waals surface area contributed by atoms with Gasteiger partial charge in [0.25, 0.3) is 0 Å². The van der Waals surface area contributed by atoms with Crippen molar-refractivity contribution in [3.8, 4) is 0 Å². The summed E-state index contributed by atoms with van der Waals surface area (Å²) < 4.78 is 12.5. The number of epoxide rings is 1. The number of nitrogens with zero attached hydrogens (tertiary/aromatic N) is 1. The number of ether oxygens (including phenoxy) is 2. The highest BCUT2D eigenvalue weighted by Gasteiger charge is 2.77. The number of carbonyl (C=O) groups excluding carboxylic acids is 1. The molecule has 0 radical (unpaired) electrons. The van der Waals surface area contributed by atoms with Crippen LogP contribution in [0.2, 0.25) is 0 Å². The predicted octanol–water partition coefficient (Wildman–Crippen LogP) is 3.35. The molecule has 4 fully saturated rings. The normalized spacial score (nSPS) is 43.9. The molecule has 2 aliphatic heterocycles. The van der Waals surface area contributed by atoms with Gasteiger partial charge >= 0.3 is 5.97 Å². The first kappa shape index (κ1) is 20.5. The molecule has 1 aromatic rings. The zero-order valence-electron chi connectivity index (χ0n) is 18.6. The third kappa shape index (κ3) is 2.96. The Morgan fingerprint density at radius 2 is 1.93 bits per heavy atom. The highest BCUT2D eigenvalue weighted by atomic mass is 16.7. The lowest BCUT2D eigenvalue weighted by molar-refractivity contribution is -0.168. The molecule has 1 aromatic carbocycles. The summed E-state index contributed by atoms with van der Waals surface area (Å²) in [5.74, 6) is 0.970. The van der Waals surface area contributed by atoms with Crippen LogP contribution in [0.4, 0.5) is 0 Å². The molecule has 0 bridgehead atoms. The molecule has 0 amide bonds. The Bertz CT molecular complexity index is 826. The Hall–Kier alpha value is -1.43. The lowest BCUT2D eigenvalue weighted by Crippen LogP contribution is -2.58. The fourth-order valence-electron chi connectivity index (χ4n) is 7.08. The van der Waals surface area contributed by atoms with Gasteiger partial charge in [0.1, 0.15) is 11.7 Å². The van der Waals surface area contributed by atoms with Gasteiger partial charge in [-0.2, -0.15) is 0 Å².